The van der Waals surface area contributed by atoms with E-state index in [1.807, 2.05) is 24.4 Å². The van der Waals surface area contributed by atoms with Crippen LogP contribution in [-0.2, 0) is 0 Å². The van der Waals surface area contributed by atoms with Gasteiger partial charge < -0.3 is 14.8 Å². The summed E-state index contributed by atoms with van der Waals surface area (Å²) >= 11 is 7.47. The summed E-state index contributed by atoms with van der Waals surface area (Å²) < 4.78 is 2.22. The van der Waals surface area contributed by atoms with Gasteiger partial charge in [-0.15, -0.1) is 0 Å². The average molecular weight is 564 g/mol. The number of nitro groups is 1. The number of thiocarbonyl (C=S) groups is 1. The molecule has 0 spiro atoms. The summed E-state index contributed by atoms with van der Waals surface area (Å²) in [7, 11) is 0. The zero-order valence-corrected chi connectivity index (χ0v) is 23.2. The molecule has 40 heavy (non-hydrogen) atoms. The molecule has 5 aromatic rings. The van der Waals surface area contributed by atoms with Crippen molar-refractivity contribution in [1.82, 2.24) is 14.9 Å². The van der Waals surface area contributed by atoms with Gasteiger partial charge in [-0.25, -0.2) is 0 Å². The second-order valence-electron chi connectivity index (χ2n) is 9.49. The summed E-state index contributed by atoms with van der Waals surface area (Å²) in [5, 5.41) is 15.1. The molecular formula is C31H25N5O2S2. The SMILES string of the molecule is Cc1cccc(-n2cccc2[C@H]2[C@@H](c3ccccn3)NC(=S)N2c2ccc(Sc3ccc([N+](=O)[O-])cc3)cc2)c1. The minimum absolute atomic E-state index is 0.0821. The minimum atomic E-state index is -0.389. The third-order valence-corrected chi connectivity index (χ3v) is 8.19. The lowest BCUT2D eigenvalue weighted by Crippen LogP contribution is -2.30. The molecule has 1 aliphatic heterocycles. The van der Waals surface area contributed by atoms with Crippen molar-refractivity contribution in [3.63, 3.8) is 0 Å². The fourth-order valence-corrected chi connectivity index (χ4v) is 6.19. The summed E-state index contributed by atoms with van der Waals surface area (Å²) in [6, 6.07) is 33.1. The van der Waals surface area contributed by atoms with Gasteiger partial charge in [0.05, 0.1) is 16.7 Å². The molecule has 1 fully saturated rings. The number of hydrogen-bond acceptors (Lipinski definition) is 5. The number of hydrogen-bond donors (Lipinski definition) is 1. The molecule has 9 heteroatoms. The number of nitrogens with one attached hydrogen (secondary N) is 1. The molecule has 3 aromatic carbocycles. The molecule has 6 rings (SSSR count). The molecule has 0 bridgehead atoms. The van der Waals surface area contributed by atoms with E-state index in [0.29, 0.717) is 5.11 Å². The Hall–Kier alpha value is -4.47. The van der Waals surface area contributed by atoms with Gasteiger partial charge in [0.15, 0.2) is 5.11 Å². The van der Waals surface area contributed by atoms with Crippen LogP contribution >= 0.6 is 24.0 Å². The van der Waals surface area contributed by atoms with Crippen molar-refractivity contribution < 1.29 is 4.92 Å². The van der Waals surface area contributed by atoms with E-state index in [2.05, 4.69) is 93.6 Å². The topological polar surface area (TPSA) is 76.2 Å². The number of anilines is 1. The van der Waals surface area contributed by atoms with Crippen LogP contribution < -0.4 is 10.2 Å². The Labute approximate surface area is 241 Å². The molecule has 3 heterocycles. The number of non-ortho nitro benzene ring substituents is 1. The van der Waals surface area contributed by atoms with E-state index in [-0.39, 0.29) is 22.7 Å². The zero-order chi connectivity index (χ0) is 27.6. The standard InChI is InChI=1S/C31H25N5O2S2/c1-21-6-4-7-24(20-21)34-19-5-9-28(34)30-29(27-8-2-3-18-32-27)33-31(39)35(30)22-10-14-25(15-11-22)40-26-16-12-23(13-17-26)36(37)38/h2-20,29-30H,1H3,(H,33,39)/t29-,30+/m1/s1. The first-order valence-corrected chi connectivity index (χ1v) is 14.0. The van der Waals surface area contributed by atoms with Crippen molar-refractivity contribution >= 4 is 40.5 Å². The summed E-state index contributed by atoms with van der Waals surface area (Å²) in [6.07, 6.45) is 3.90. The average Bonchev–Trinajstić information content (AvgIpc) is 3.59. The highest BCUT2D eigenvalue weighted by Gasteiger charge is 2.42. The second-order valence-corrected chi connectivity index (χ2v) is 11.0. The largest absolute Gasteiger partial charge is 0.351 e. The molecule has 1 aliphatic rings. The molecule has 2 atom stereocenters. The van der Waals surface area contributed by atoms with E-state index in [1.54, 1.807) is 23.9 Å². The molecule has 0 saturated carbocycles. The highest BCUT2D eigenvalue weighted by Crippen LogP contribution is 2.43. The van der Waals surface area contributed by atoms with Gasteiger partial charge in [-0.1, -0.05) is 30.0 Å². The Bertz CT molecular complexity index is 1670. The maximum atomic E-state index is 11.0. The number of aromatic nitrogens is 2. The Balaban J connectivity index is 1.36. The fraction of sp³-hybridized carbons (Fsp3) is 0.0968. The predicted octanol–water partition coefficient (Wildman–Crippen LogP) is 7.42. The van der Waals surface area contributed by atoms with E-state index in [1.165, 1.54) is 17.7 Å². The summed E-state index contributed by atoms with van der Waals surface area (Å²) in [5.41, 5.74) is 5.34. The maximum Gasteiger partial charge on any atom is 0.269 e. The van der Waals surface area contributed by atoms with Crippen LogP contribution in [0.25, 0.3) is 5.69 Å². The van der Waals surface area contributed by atoms with Gasteiger partial charge in [0, 0.05) is 51.4 Å². The number of rotatable bonds is 7. The number of nitro benzene ring substituents is 1. The Kier molecular flexibility index (Phi) is 7.06. The Morgan fingerprint density at radius 2 is 1.65 bits per heavy atom. The summed E-state index contributed by atoms with van der Waals surface area (Å²) in [5.74, 6) is 0. The summed E-state index contributed by atoms with van der Waals surface area (Å²) in [4.78, 5) is 19.4. The van der Waals surface area contributed by atoms with Crippen LogP contribution in [0.5, 0.6) is 0 Å². The van der Waals surface area contributed by atoms with Crippen LogP contribution in [-0.4, -0.2) is 19.6 Å². The van der Waals surface area contributed by atoms with Gasteiger partial charge >= 0.3 is 0 Å². The van der Waals surface area contributed by atoms with Gasteiger partial charge in [0.1, 0.15) is 6.04 Å². The molecule has 2 aromatic heterocycles. The van der Waals surface area contributed by atoms with E-state index in [9.17, 15) is 10.1 Å². The van der Waals surface area contributed by atoms with Crippen LogP contribution in [0.4, 0.5) is 11.4 Å². The molecule has 0 amide bonds. The molecule has 0 unspecified atom stereocenters. The van der Waals surface area contributed by atoms with Crippen molar-refractivity contribution in [3.05, 3.63) is 143 Å². The lowest BCUT2D eigenvalue weighted by Gasteiger charge is -2.29. The van der Waals surface area contributed by atoms with Gasteiger partial charge in [0.2, 0.25) is 0 Å². The fourth-order valence-electron chi connectivity index (χ4n) is 5.03. The van der Waals surface area contributed by atoms with Gasteiger partial charge in [-0.2, -0.15) is 0 Å². The van der Waals surface area contributed by atoms with Crippen molar-refractivity contribution in [2.45, 2.75) is 28.8 Å². The van der Waals surface area contributed by atoms with Crippen LogP contribution in [0.2, 0.25) is 0 Å². The van der Waals surface area contributed by atoms with E-state index in [0.717, 1.165) is 32.6 Å². The molecule has 7 nitrogen and oxygen atoms in total. The van der Waals surface area contributed by atoms with Crippen LogP contribution in [0.1, 0.15) is 29.0 Å². The molecule has 1 N–H and O–H groups in total. The second kappa shape index (κ2) is 11.0. The third kappa shape index (κ3) is 5.09. The number of pyridine rings is 1. The van der Waals surface area contributed by atoms with Crippen molar-refractivity contribution in [1.29, 1.82) is 0 Å². The zero-order valence-electron chi connectivity index (χ0n) is 21.5. The lowest BCUT2D eigenvalue weighted by atomic mass is 10.0. The highest BCUT2D eigenvalue weighted by atomic mass is 32.2. The maximum absolute atomic E-state index is 11.0. The molecular weight excluding hydrogens is 539 g/mol. The van der Waals surface area contributed by atoms with Crippen molar-refractivity contribution in [3.8, 4) is 5.69 Å². The molecule has 0 radical (unpaired) electrons. The first kappa shape index (κ1) is 25.8. The first-order valence-electron chi connectivity index (χ1n) is 12.8. The van der Waals surface area contributed by atoms with Crippen molar-refractivity contribution in [2.24, 2.45) is 0 Å². The van der Waals surface area contributed by atoms with E-state index < -0.39 is 0 Å². The number of nitrogens with zero attached hydrogens (tertiary/aromatic N) is 4. The third-order valence-electron chi connectivity index (χ3n) is 6.86. The predicted molar refractivity (Wildman–Crippen MR) is 162 cm³/mol. The van der Waals surface area contributed by atoms with Gasteiger partial charge in [-0.3, -0.25) is 15.1 Å². The quantitative estimate of drug-likeness (QED) is 0.125. The Morgan fingerprint density at radius 3 is 2.33 bits per heavy atom. The number of aryl methyl sites for hydroxylation is 1. The number of benzene rings is 3. The normalized spacial score (nSPS) is 16.6. The van der Waals surface area contributed by atoms with Crippen molar-refractivity contribution in [2.75, 3.05) is 4.90 Å². The molecule has 1 saturated heterocycles. The molecule has 0 aliphatic carbocycles. The summed E-state index contributed by atoms with van der Waals surface area (Å²) in [6.45, 7) is 2.10. The lowest BCUT2D eigenvalue weighted by molar-refractivity contribution is -0.384. The van der Waals surface area contributed by atoms with E-state index in [4.69, 9.17) is 12.2 Å². The van der Waals surface area contributed by atoms with Crippen LogP contribution in [0.15, 0.2) is 125 Å². The van der Waals surface area contributed by atoms with Crippen LogP contribution in [0.3, 0.4) is 0 Å². The minimum Gasteiger partial charge on any atom is -0.351 e. The first-order chi connectivity index (χ1) is 19.5. The van der Waals surface area contributed by atoms with Gasteiger partial charge in [-0.05, 0) is 97.5 Å². The van der Waals surface area contributed by atoms with Crippen LogP contribution in [0, 0.1) is 17.0 Å². The highest BCUT2D eigenvalue weighted by molar-refractivity contribution is 7.99. The monoisotopic (exact) mass is 563 g/mol. The smallest absolute Gasteiger partial charge is 0.269 e. The van der Waals surface area contributed by atoms with Gasteiger partial charge in [0.25, 0.3) is 5.69 Å². The van der Waals surface area contributed by atoms with E-state index >= 15 is 0 Å². The molecule has 198 valence electrons. The Morgan fingerprint density at radius 1 is 0.900 bits per heavy atom.